The number of aromatic amines is 1. The van der Waals surface area contributed by atoms with Crippen molar-refractivity contribution in [3.63, 3.8) is 0 Å². The van der Waals surface area contributed by atoms with Crippen molar-refractivity contribution in [3.05, 3.63) is 89.1 Å². The Labute approximate surface area is 218 Å². The molecule has 0 aliphatic carbocycles. The summed E-state index contributed by atoms with van der Waals surface area (Å²) < 4.78 is 15.7. The second-order valence-electron chi connectivity index (χ2n) is 9.20. The number of nitrogens with one attached hydrogen (secondary N) is 1. The first-order valence-electron chi connectivity index (χ1n) is 12.1. The van der Waals surface area contributed by atoms with Crippen molar-refractivity contribution in [3.8, 4) is 11.5 Å². The SMILES string of the molecule is COC(=O)c1ccc(C2c3[nH]c4ccccc4c3C[C@@H]3C(=O)N(c4cc(OC)ccc4OC)C(=O)N23)cc1. The number of aromatic nitrogens is 1. The maximum absolute atomic E-state index is 14.1. The van der Waals surface area contributed by atoms with Crippen LogP contribution in [0.2, 0.25) is 0 Å². The summed E-state index contributed by atoms with van der Waals surface area (Å²) in [5.74, 6) is 0.0921. The zero-order chi connectivity index (χ0) is 26.6. The number of benzene rings is 3. The lowest BCUT2D eigenvalue weighted by molar-refractivity contribution is -0.120. The van der Waals surface area contributed by atoms with Crippen molar-refractivity contribution in [1.82, 2.24) is 9.88 Å². The number of methoxy groups -OCH3 is 3. The number of urea groups is 1. The summed E-state index contributed by atoms with van der Waals surface area (Å²) in [7, 11) is 4.34. The minimum absolute atomic E-state index is 0.324. The summed E-state index contributed by atoms with van der Waals surface area (Å²) in [5.41, 5.74) is 4.24. The smallest absolute Gasteiger partial charge is 0.337 e. The minimum atomic E-state index is -0.726. The summed E-state index contributed by atoms with van der Waals surface area (Å²) in [6.07, 6.45) is 0.365. The van der Waals surface area contributed by atoms with Crippen LogP contribution in [-0.4, -0.2) is 55.2 Å². The van der Waals surface area contributed by atoms with Gasteiger partial charge in [0.2, 0.25) is 0 Å². The fraction of sp³-hybridized carbons (Fsp3) is 0.207. The highest BCUT2D eigenvalue weighted by atomic mass is 16.5. The van der Waals surface area contributed by atoms with Crippen molar-refractivity contribution in [2.75, 3.05) is 26.2 Å². The molecule has 1 saturated heterocycles. The number of carbonyl (C=O) groups is 3. The molecule has 2 atom stereocenters. The van der Waals surface area contributed by atoms with Crippen molar-refractivity contribution < 1.29 is 28.6 Å². The van der Waals surface area contributed by atoms with Crippen LogP contribution in [0.4, 0.5) is 10.5 Å². The number of fused-ring (bicyclic) bond motifs is 4. The molecular weight excluding hydrogens is 486 g/mol. The first-order valence-corrected chi connectivity index (χ1v) is 12.1. The van der Waals surface area contributed by atoms with Gasteiger partial charge in [-0.15, -0.1) is 0 Å². The number of rotatable bonds is 5. The van der Waals surface area contributed by atoms with Crippen LogP contribution in [0.25, 0.3) is 10.9 Å². The van der Waals surface area contributed by atoms with E-state index in [1.165, 1.54) is 26.2 Å². The topological polar surface area (TPSA) is 101 Å². The highest BCUT2D eigenvalue weighted by molar-refractivity contribution is 6.22. The van der Waals surface area contributed by atoms with E-state index in [9.17, 15) is 14.4 Å². The van der Waals surface area contributed by atoms with Crippen molar-refractivity contribution in [2.45, 2.75) is 18.5 Å². The quantitative estimate of drug-likeness (QED) is 0.314. The molecular formula is C29H25N3O6. The summed E-state index contributed by atoms with van der Waals surface area (Å²) in [4.78, 5) is 46.4. The lowest BCUT2D eigenvalue weighted by Gasteiger charge is -2.36. The van der Waals surface area contributed by atoms with Gasteiger partial charge in [-0.25, -0.2) is 14.5 Å². The van der Waals surface area contributed by atoms with Crippen LogP contribution in [0.1, 0.15) is 33.2 Å². The van der Waals surface area contributed by atoms with Gasteiger partial charge in [0.05, 0.1) is 32.6 Å². The number of hydrogen-bond donors (Lipinski definition) is 1. The third-order valence-corrected chi connectivity index (χ3v) is 7.32. The van der Waals surface area contributed by atoms with E-state index in [1.807, 2.05) is 24.3 Å². The lowest BCUT2D eigenvalue weighted by atomic mass is 9.88. The third-order valence-electron chi connectivity index (χ3n) is 7.32. The molecule has 0 spiro atoms. The number of amides is 3. The molecule has 0 radical (unpaired) electrons. The molecule has 192 valence electrons. The standard InChI is InChI=1S/C29H25N3O6/c1-36-18-12-13-24(37-2)22(14-18)32-27(33)23-15-20-19-6-4-5-7-21(19)30-25(20)26(31(23)29(32)35)16-8-10-17(11-9-16)28(34)38-3/h4-14,23,26,30H,15H2,1-3H3/t23-,26?/m1/s1. The molecule has 1 fully saturated rings. The van der Waals surface area contributed by atoms with E-state index in [2.05, 4.69) is 4.98 Å². The number of nitrogens with zero attached hydrogens (tertiary/aromatic N) is 2. The number of carbonyl (C=O) groups excluding carboxylic acids is 3. The Morgan fingerprint density at radius 1 is 0.947 bits per heavy atom. The zero-order valence-corrected chi connectivity index (χ0v) is 21.1. The van der Waals surface area contributed by atoms with Crippen LogP contribution in [0, 0.1) is 0 Å². The molecule has 1 unspecified atom stereocenters. The zero-order valence-electron chi connectivity index (χ0n) is 21.1. The van der Waals surface area contributed by atoms with E-state index in [4.69, 9.17) is 14.2 Å². The van der Waals surface area contributed by atoms with Gasteiger partial charge in [-0.3, -0.25) is 9.69 Å². The molecule has 6 rings (SSSR count). The number of anilines is 1. The molecule has 1 aromatic heterocycles. The van der Waals surface area contributed by atoms with E-state index in [-0.39, 0.29) is 5.91 Å². The van der Waals surface area contributed by atoms with Crippen molar-refractivity contribution in [2.24, 2.45) is 0 Å². The molecule has 38 heavy (non-hydrogen) atoms. The molecule has 2 aliphatic heterocycles. The van der Waals surface area contributed by atoms with Crippen LogP contribution in [0.3, 0.4) is 0 Å². The Hall–Kier alpha value is -4.79. The van der Waals surface area contributed by atoms with Crippen LogP contribution in [-0.2, 0) is 16.0 Å². The van der Waals surface area contributed by atoms with Crippen molar-refractivity contribution >= 4 is 34.5 Å². The minimum Gasteiger partial charge on any atom is -0.497 e. The summed E-state index contributed by atoms with van der Waals surface area (Å²) in [5, 5.41) is 1.01. The van der Waals surface area contributed by atoms with E-state index in [1.54, 1.807) is 47.4 Å². The van der Waals surface area contributed by atoms with Gasteiger partial charge < -0.3 is 19.2 Å². The fourth-order valence-electron chi connectivity index (χ4n) is 5.53. The van der Waals surface area contributed by atoms with E-state index in [0.29, 0.717) is 29.2 Å². The highest BCUT2D eigenvalue weighted by Crippen LogP contribution is 2.46. The number of esters is 1. The summed E-state index contributed by atoms with van der Waals surface area (Å²) in [6.45, 7) is 0. The fourth-order valence-corrected chi connectivity index (χ4v) is 5.53. The van der Waals surface area contributed by atoms with Gasteiger partial charge in [0.1, 0.15) is 23.6 Å². The third kappa shape index (κ3) is 3.42. The number of hydrogen-bond acceptors (Lipinski definition) is 6. The Morgan fingerprint density at radius 3 is 2.42 bits per heavy atom. The predicted molar refractivity (Wildman–Crippen MR) is 140 cm³/mol. The van der Waals surface area contributed by atoms with Gasteiger partial charge in [0.15, 0.2) is 0 Å². The van der Waals surface area contributed by atoms with Crippen LogP contribution >= 0.6 is 0 Å². The van der Waals surface area contributed by atoms with E-state index < -0.39 is 24.1 Å². The summed E-state index contributed by atoms with van der Waals surface area (Å²) >= 11 is 0. The number of imide groups is 1. The summed E-state index contributed by atoms with van der Waals surface area (Å²) in [6, 6.07) is 18.1. The maximum atomic E-state index is 14.1. The molecule has 0 saturated carbocycles. The molecule has 3 amide bonds. The van der Waals surface area contributed by atoms with Gasteiger partial charge in [-0.1, -0.05) is 30.3 Å². The average molecular weight is 512 g/mol. The normalized spacial score (nSPS) is 18.4. The van der Waals surface area contributed by atoms with Crippen LogP contribution in [0.15, 0.2) is 66.7 Å². The first-order chi connectivity index (χ1) is 18.5. The predicted octanol–water partition coefficient (Wildman–Crippen LogP) is 4.45. The highest BCUT2D eigenvalue weighted by Gasteiger charge is 2.53. The Bertz CT molecular complexity index is 1590. The first kappa shape index (κ1) is 23.6. The molecule has 9 heteroatoms. The second kappa shape index (κ2) is 8.95. The van der Waals surface area contributed by atoms with Gasteiger partial charge in [-0.05, 0) is 41.5 Å². The number of H-pyrrole nitrogens is 1. The molecule has 3 aromatic carbocycles. The Morgan fingerprint density at radius 2 is 1.71 bits per heavy atom. The molecule has 9 nitrogen and oxygen atoms in total. The molecule has 3 heterocycles. The van der Waals surface area contributed by atoms with E-state index in [0.717, 1.165) is 27.7 Å². The van der Waals surface area contributed by atoms with Gasteiger partial charge >= 0.3 is 12.0 Å². The largest absolute Gasteiger partial charge is 0.497 e. The Kier molecular flexibility index (Phi) is 5.56. The van der Waals surface area contributed by atoms with Gasteiger partial charge in [-0.2, -0.15) is 0 Å². The molecule has 4 aromatic rings. The second-order valence-corrected chi connectivity index (χ2v) is 9.20. The van der Waals surface area contributed by atoms with E-state index >= 15 is 0 Å². The maximum Gasteiger partial charge on any atom is 0.337 e. The molecule has 1 N–H and O–H groups in total. The van der Waals surface area contributed by atoms with Crippen LogP contribution < -0.4 is 14.4 Å². The molecule has 2 aliphatic rings. The average Bonchev–Trinajstić information content (AvgIpc) is 3.45. The Balaban J connectivity index is 1.52. The lowest BCUT2D eigenvalue weighted by Crippen LogP contribution is -2.44. The van der Waals surface area contributed by atoms with Crippen molar-refractivity contribution in [1.29, 1.82) is 0 Å². The van der Waals surface area contributed by atoms with Crippen LogP contribution in [0.5, 0.6) is 11.5 Å². The number of para-hydroxylation sites is 1. The van der Waals surface area contributed by atoms with Gasteiger partial charge in [0.25, 0.3) is 5.91 Å². The van der Waals surface area contributed by atoms with Gasteiger partial charge in [0, 0.05) is 29.1 Å². The monoisotopic (exact) mass is 511 g/mol. The molecule has 0 bridgehead atoms. The number of ether oxygens (including phenoxy) is 3.